The van der Waals surface area contributed by atoms with Crippen LogP contribution in [0, 0.1) is 5.92 Å². The molecule has 96 valence electrons. The number of hydrogen-bond acceptors (Lipinski definition) is 2. The zero-order valence-electron chi connectivity index (χ0n) is 11.3. The summed E-state index contributed by atoms with van der Waals surface area (Å²) in [4.78, 5) is 0. The van der Waals surface area contributed by atoms with E-state index in [1.807, 2.05) is 13.8 Å². The Hall–Kier alpha value is -0.0800. The molecule has 0 radical (unpaired) electrons. The molecule has 0 aliphatic heterocycles. The molecular weight excluding hydrogens is 198 g/mol. The minimum Gasteiger partial charge on any atom is -0.390 e. The quantitative estimate of drug-likeness (QED) is 0.731. The van der Waals surface area contributed by atoms with Gasteiger partial charge >= 0.3 is 0 Å². The van der Waals surface area contributed by atoms with Crippen molar-refractivity contribution in [3.63, 3.8) is 0 Å². The van der Waals surface area contributed by atoms with Crippen LogP contribution in [0.2, 0.25) is 0 Å². The Balaban J connectivity index is 2.08. The fraction of sp³-hybridized carbons (Fsp3) is 1.00. The Kier molecular flexibility index (Phi) is 5.77. The maximum absolute atomic E-state index is 9.62. The first kappa shape index (κ1) is 14.0. The van der Waals surface area contributed by atoms with E-state index in [0.717, 1.165) is 18.9 Å². The molecule has 16 heavy (non-hydrogen) atoms. The van der Waals surface area contributed by atoms with Crippen LogP contribution in [0.4, 0.5) is 0 Å². The Morgan fingerprint density at radius 2 is 1.81 bits per heavy atom. The van der Waals surface area contributed by atoms with Crippen molar-refractivity contribution >= 4 is 0 Å². The van der Waals surface area contributed by atoms with Crippen LogP contribution in [-0.2, 0) is 0 Å². The molecule has 1 aliphatic carbocycles. The second-order valence-corrected chi connectivity index (χ2v) is 6.02. The molecule has 2 heteroatoms. The van der Waals surface area contributed by atoms with Gasteiger partial charge in [0.2, 0.25) is 0 Å². The van der Waals surface area contributed by atoms with Crippen LogP contribution < -0.4 is 5.32 Å². The highest BCUT2D eigenvalue weighted by molar-refractivity contribution is 4.78. The molecule has 0 heterocycles. The zero-order valence-corrected chi connectivity index (χ0v) is 11.3. The van der Waals surface area contributed by atoms with Crippen molar-refractivity contribution in [2.24, 2.45) is 5.92 Å². The van der Waals surface area contributed by atoms with Crippen LogP contribution in [0.5, 0.6) is 0 Å². The van der Waals surface area contributed by atoms with Gasteiger partial charge in [-0.1, -0.05) is 19.8 Å². The maximum atomic E-state index is 9.62. The van der Waals surface area contributed by atoms with Crippen LogP contribution in [0.1, 0.15) is 65.7 Å². The summed E-state index contributed by atoms with van der Waals surface area (Å²) in [5.41, 5.74) is -0.521. The van der Waals surface area contributed by atoms with Gasteiger partial charge in [-0.3, -0.25) is 0 Å². The van der Waals surface area contributed by atoms with Crippen LogP contribution in [-0.4, -0.2) is 23.3 Å². The van der Waals surface area contributed by atoms with Crippen LogP contribution >= 0.6 is 0 Å². The predicted molar refractivity (Wildman–Crippen MR) is 69.6 cm³/mol. The Morgan fingerprint density at radius 1 is 1.19 bits per heavy atom. The van der Waals surface area contributed by atoms with Crippen molar-refractivity contribution in [3.8, 4) is 0 Å². The van der Waals surface area contributed by atoms with Gasteiger partial charge in [0.15, 0.2) is 0 Å². The molecule has 0 aromatic heterocycles. The third-order valence-electron chi connectivity index (χ3n) is 3.71. The Bertz CT molecular complexity index is 178. The molecule has 1 saturated carbocycles. The van der Waals surface area contributed by atoms with Gasteiger partial charge in [-0.15, -0.1) is 0 Å². The second-order valence-electron chi connectivity index (χ2n) is 6.02. The molecule has 0 bridgehead atoms. The molecule has 2 nitrogen and oxygen atoms in total. The lowest BCUT2D eigenvalue weighted by atomic mass is 9.83. The first-order chi connectivity index (χ1) is 7.51. The van der Waals surface area contributed by atoms with E-state index in [9.17, 15) is 5.11 Å². The predicted octanol–water partition coefficient (Wildman–Crippen LogP) is 3.10. The SMILES string of the molecule is CCCC1CCC(NCCC(C)(C)O)CC1. The number of aliphatic hydroxyl groups is 1. The summed E-state index contributed by atoms with van der Waals surface area (Å²) >= 11 is 0. The van der Waals surface area contributed by atoms with Gasteiger partial charge in [0.05, 0.1) is 5.60 Å². The van der Waals surface area contributed by atoms with E-state index < -0.39 is 5.60 Å². The lowest BCUT2D eigenvalue weighted by molar-refractivity contribution is 0.0696. The van der Waals surface area contributed by atoms with Gasteiger partial charge in [0.1, 0.15) is 0 Å². The standard InChI is InChI=1S/C14H29NO/c1-4-5-12-6-8-13(9-7-12)15-11-10-14(2,3)16/h12-13,15-16H,4-11H2,1-3H3. The summed E-state index contributed by atoms with van der Waals surface area (Å²) in [5.74, 6) is 0.984. The van der Waals surface area contributed by atoms with Gasteiger partial charge in [-0.25, -0.2) is 0 Å². The minimum absolute atomic E-state index is 0.521. The summed E-state index contributed by atoms with van der Waals surface area (Å²) in [6.45, 7) is 7.00. The van der Waals surface area contributed by atoms with E-state index >= 15 is 0 Å². The van der Waals surface area contributed by atoms with Crippen LogP contribution in [0.25, 0.3) is 0 Å². The highest BCUT2D eigenvalue weighted by Gasteiger charge is 2.20. The molecule has 0 atom stereocenters. The lowest BCUT2D eigenvalue weighted by Gasteiger charge is -2.29. The van der Waals surface area contributed by atoms with Crippen molar-refractivity contribution in [2.75, 3.05) is 6.54 Å². The van der Waals surface area contributed by atoms with Gasteiger partial charge in [-0.2, -0.15) is 0 Å². The smallest absolute Gasteiger partial charge is 0.0603 e. The largest absolute Gasteiger partial charge is 0.390 e. The molecule has 1 rings (SSSR count). The summed E-state index contributed by atoms with van der Waals surface area (Å²) in [6.07, 6.45) is 9.05. The van der Waals surface area contributed by atoms with Crippen molar-refractivity contribution in [1.29, 1.82) is 0 Å². The Morgan fingerprint density at radius 3 is 2.31 bits per heavy atom. The van der Waals surface area contributed by atoms with E-state index in [1.165, 1.54) is 38.5 Å². The maximum Gasteiger partial charge on any atom is 0.0603 e. The third-order valence-corrected chi connectivity index (χ3v) is 3.71. The minimum atomic E-state index is -0.521. The first-order valence-electron chi connectivity index (χ1n) is 6.97. The molecule has 0 unspecified atom stereocenters. The molecule has 0 spiro atoms. The van der Waals surface area contributed by atoms with Crippen molar-refractivity contribution in [3.05, 3.63) is 0 Å². The van der Waals surface area contributed by atoms with Crippen LogP contribution in [0.15, 0.2) is 0 Å². The molecule has 0 amide bonds. The molecule has 1 fully saturated rings. The van der Waals surface area contributed by atoms with Gasteiger partial charge in [0.25, 0.3) is 0 Å². The molecule has 0 aromatic rings. The summed E-state index contributed by atoms with van der Waals surface area (Å²) in [5, 5.41) is 13.2. The topological polar surface area (TPSA) is 32.3 Å². The van der Waals surface area contributed by atoms with E-state index in [0.29, 0.717) is 6.04 Å². The highest BCUT2D eigenvalue weighted by atomic mass is 16.3. The summed E-state index contributed by atoms with van der Waals surface area (Å²) in [6, 6.07) is 0.704. The number of hydrogen-bond donors (Lipinski definition) is 2. The fourth-order valence-electron chi connectivity index (χ4n) is 2.65. The second kappa shape index (κ2) is 6.61. The van der Waals surface area contributed by atoms with Gasteiger partial charge in [-0.05, 0) is 58.4 Å². The van der Waals surface area contributed by atoms with E-state index in [-0.39, 0.29) is 0 Å². The van der Waals surface area contributed by atoms with E-state index in [4.69, 9.17) is 0 Å². The number of rotatable bonds is 6. The average Bonchev–Trinajstić information content (AvgIpc) is 2.19. The normalized spacial score (nSPS) is 27.0. The fourth-order valence-corrected chi connectivity index (χ4v) is 2.65. The van der Waals surface area contributed by atoms with E-state index in [1.54, 1.807) is 0 Å². The van der Waals surface area contributed by atoms with Crippen molar-refractivity contribution in [2.45, 2.75) is 77.4 Å². The van der Waals surface area contributed by atoms with Crippen molar-refractivity contribution < 1.29 is 5.11 Å². The molecule has 1 aliphatic rings. The molecule has 2 N–H and O–H groups in total. The third kappa shape index (κ3) is 5.86. The molecular formula is C14H29NO. The Labute approximate surface area is 101 Å². The van der Waals surface area contributed by atoms with Crippen molar-refractivity contribution in [1.82, 2.24) is 5.32 Å². The average molecular weight is 227 g/mol. The molecule has 0 aromatic carbocycles. The highest BCUT2D eigenvalue weighted by Crippen LogP contribution is 2.27. The van der Waals surface area contributed by atoms with Gasteiger partial charge in [0, 0.05) is 6.04 Å². The zero-order chi connectivity index (χ0) is 12.0. The molecule has 0 saturated heterocycles. The van der Waals surface area contributed by atoms with Crippen LogP contribution in [0.3, 0.4) is 0 Å². The monoisotopic (exact) mass is 227 g/mol. The summed E-state index contributed by atoms with van der Waals surface area (Å²) < 4.78 is 0. The summed E-state index contributed by atoms with van der Waals surface area (Å²) in [7, 11) is 0. The first-order valence-corrected chi connectivity index (χ1v) is 6.97. The van der Waals surface area contributed by atoms with E-state index in [2.05, 4.69) is 12.2 Å². The lowest BCUT2D eigenvalue weighted by Crippen LogP contribution is -2.36. The number of nitrogens with one attached hydrogen (secondary N) is 1. The van der Waals surface area contributed by atoms with Gasteiger partial charge < -0.3 is 10.4 Å².